The van der Waals surface area contributed by atoms with Gasteiger partial charge in [0.2, 0.25) is 5.90 Å². The molecule has 0 bridgehead atoms. The van der Waals surface area contributed by atoms with Gasteiger partial charge in [0.25, 0.3) is 0 Å². The van der Waals surface area contributed by atoms with Crippen molar-refractivity contribution >= 4 is 5.90 Å². The maximum atomic E-state index is 6.13. The first-order valence-electron chi connectivity index (χ1n) is 8.23. The number of fused-ring (bicyclic) bond motifs is 3. The highest BCUT2D eigenvalue weighted by Gasteiger charge is 2.39. The second-order valence-electron chi connectivity index (χ2n) is 6.21. The quantitative estimate of drug-likeness (QED) is 0.711. The summed E-state index contributed by atoms with van der Waals surface area (Å²) in [6.45, 7) is 0. The Morgan fingerprint density at radius 1 is 0.792 bits per heavy atom. The lowest BCUT2D eigenvalue weighted by molar-refractivity contribution is 0.206. The molecule has 2 aromatic carbocycles. The highest BCUT2D eigenvalue weighted by Crippen LogP contribution is 2.40. The highest BCUT2D eigenvalue weighted by molar-refractivity contribution is 5.94. The Morgan fingerprint density at radius 3 is 2.50 bits per heavy atom. The highest BCUT2D eigenvalue weighted by atomic mass is 16.5. The van der Waals surface area contributed by atoms with E-state index in [2.05, 4.69) is 36.4 Å². The fourth-order valence-corrected chi connectivity index (χ4v) is 3.55. The topological polar surface area (TPSA) is 34.5 Å². The monoisotopic (exact) mass is 312 g/mol. The molecule has 2 heterocycles. The van der Waals surface area contributed by atoms with Crippen LogP contribution >= 0.6 is 0 Å². The minimum Gasteiger partial charge on any atom is -0.470 e. The van der Waals surface area contributed by atoms with E-state index in [-0.39, 0.29) is 12.1 Å². The van der Waals surface area contributed by atoms with Crippen molar-refractivity contribution in [3.63, 3.8) is 0 Å². The molecular formula is C21H16N2O. The van der Waals surface area contributed by atoms with Gasteiger partial charge in [0.15, 0.2) is 0 Å². The summed E-state index contributed by atoms with van der Waals surface area (Å²) in [7, 11) is 0. The van der Waals surface area contributed by atoms with Gasteiger partial charge in [-0.2, -0.15) is 0 Å². The van der Waals surface area contributed by atoms with Crippen molar-refractivity contribution in [2.24, 2.45) is 4.99 Å². The predicted octanol–water partition coefficient (Wildman–Crippen LogP) is 4.19. The molecule has 0 fully saturated rings. The number of aliphatic imine (C=N–C) groups is 1. The van der Waals surface area contributed by atoms with Crippen molar-refractivity contribution in [1.29, 1.82) is 0 Å². The van der Waals surface area contributed by atoms with Gasteiger partial charge in [0.05, 0.1) is 5.69 Å². The summed E-state index contributed by atoms with van der Waals surface area (Å²) in [4.78, 5) is 9.58. The third-order valence-electron chi connectivity index (χ3n) is 4.70. The van der Waals surface area contributed by atoms with Crippen LogP contribution in [-0.2, 0) is 11.2 Å². The molecule has 0 amide bonds. The second kappa shape index (κ2) is 5.31. The van der Waals surface area contributed by atoms with Crippen molar-refractivity contribution in [3.8, 4) is 11.3 Å². The average Bonchev–Trinajstić information content (AvgIpc) is 3.21. The van der Waals surface area contributed by atoms with E-state index in [1.54, 1.807) is 0 Å². The largest absolute Gasteiger partial charge is 0.470 e. The van der Waals surface area contributed by atoms with Gasteiger partial charge in [0.1, 0.15) is 17.8 Å². The number of ether oxygens (including phenoxy) is 1. The second-order valence-corrected chi connectivity index (χ2v) is 6.21. The Kier molecular flexibility index (Phi) is 2.98. The van der Waals surface area contributed by atoms with Crippen molar-refractivity contribution in [2.45, 2.75) is 18.6 Å². The van der Waals surface area contributed by atoms with E-state index in [0.29, 0.717) is 5.90 Å². The Hall–Kier alpha value is -2.94. The van der Waals surface area contributed by atoms with Crippen molar-refractivity contribution in [3.05, 3.63) is 89.6 Å². The molecule has 1 aromatic heterocycles. The maximum absolute atomic E-state index is 6.13. The summed E-state index contributed by atoms with van der Waals surface area (Å²) in [5.41, 5.74) is 5.49. The van der Waals surface area contributed by atoms with E-state index in [1.807, 2.05) is 36.4 Å². The molecule has 2 atom stereocenters. The molecule has 0 radical (unpaired) electrons. The number of rotatable bonds is 2. The van der Waals surface area contributed by atoms with Crippen LogP contribution in [0.2, 0.25) is 0 Å². The van der Waals surface area contributed by atoms with Crippen molar-refractivity contribution < 1.29 is 4.74 Å². The molecule has 0 saturated heterocycles. The van der Waals surface area contributed by atoms with Crippen LogP contribution in [0.25, 0.3) is 11.3 Å². The first-order valence-corrected chi connectivity index (χ1v) is 8.23. The van der Waals surface area contributed by atoms with Gasteiger partial charge in [-0.3, -0.25) is 0 Å². The van der Waals surface area contributed by atoms with Gasteiger partial charge >= 0.3 is 0 Å². The molecule has 116 valence electrons. The van der Waals surface area contributed by atoms with Crippen molar-refractivity contribution in [1.82, 2.24) is 4.98 Å². The lowest BCUT2D eigenvalue weighted by Crippen LogP contribution is -2.14. The van der Waals surface area contributed by atoms with E-state index >= 15 is 0 Å². The molecule has 0 N–H and O–H groups in total. The standard InChI is InChI=1S/C21H16N2O/c1-2-7-14(8-3-1)17-11-6-12-18(22-17)21-23-20-16-10-5-4-9-15(16)13-19(20)24-21/h1-12,19-20H,13H2/t19-,20+/m0/s1. The van der Waals surface area contributed by atoms with E-state index in [4.69, 9.17) is 14.7 Å². The molecule has 2 aliphatic rings. The van der Waals surface area contributed by atoms with Gasteiger partial charge in [-0.25, -0.2) is 9.98 Å². The van der Waals surface area contributed by atoms with Gasteiger partial charge < -0.3 is 4.74 Å². The number of hydrogen-bond donors (Lipinski definition) is 0. The first-order chi connectivity index (χ1) is 11.9. The van der Waals surface area contributed by atoms with E-state index in [0.717, 1.165) is 23.4 Å². The number of aromatic nitrogens is 1. The van der Waals surface area contributed by atoms with Gasteiger partial charge in [-0.05, 0) is 23.3 Å². The SMILES string of the molecule is c1ccc(-c2cccc(C3=N[C@@H]4c5ccccc5C[C@@H]4O3)n2)cc1. The summed E-state index contributed by atoms with van der Waals surface area (Å²) < 4.78 is 6.13. The molecule has 3 heteroatoms. The first kappa shape index (κ1) is 13.5. The maximum Gasteiger partial charge on any atom is 0.236 e. The number of nitrogens with zero attached hydrogens (tertiary/aromatic N) is 2. The zero-order valence-corrected chi connectivity index (χ0v) is 13.1. The molecule has 1 aliphatic heterocycles. The molecular weight excluding hydrogens is 296 g/mol. The van der Waals surface area contributed by atoms with Crippen LogP contribution < -0.4 is 0 Å². The zero-order valence-electron chi connectivity index (χ0n) is 13.1. The summed E-state index contributed by atoms with van der Waals surface area (Å²) in [5.74, 6) is 0.664. The van der Waals surface area contributed by atoms with Gasteiger partial charge in [-0.1, -0.05) is 60.7 Å². The molecule has 5 rings (SSSR count). The Bertz CT molecular complexity index is 933. The molecule has 24 heavy (non-hydrogen) atoms. The third-order valence-corrected chi connectivity index (χ3v) is 4.70. The third kappa shape index (κ3) is 2.13. The van der Waals surface area contributed by atoms with Crippen molar-refractivity contribution in [2.75, 3.05) is 0 Å². The van der Waals surface area contributed by atoms with Crippen LogP contribution in [0.3, 0.4) is 0 Å². The lowest BCUT2D eigenvalue weighted by Gasteiger charge is -2.09. The van der Waals surface area contributed by atoms with E-state index in [1.165, 1.54) is 11.1 Å². The minimum atomic E-state index is 0.110. The predicted molar refractivity (Wildman–Crippen MR) is 94.0 cm³/mol. The van der Waals surface area contributed by atoms with Crippen LogP contribution in [0.4, 0.5) is 0 Å². The van der Waals surface area contributed by atoms with E-state index < -0.39 is 0 Å². The summed E-state index contributed by atoms with van der Waals surface area (Å²) >= 11 is 0. The fourth-order valence-electron chi connectivity index (χ4n) is 3.55. The number of hydrogen-bond acceptors (Lipinski definition) is 3. The summed E-state index contributed by atoms with van der Waals surface area (Å²) in [6, 6.07) is 24.8. The lowest BCUT2D eigenvalue weighted by atomic mass is 10.1. The molecule has 1 aliphatic carbocycles. The van der Waals surface area contributed by atoms with Crippen LogP contribution in [0, 0.1) is 0 Å². The van der Waals surface area contributed by atoms with Crippen LogP contribution in [0.5, 0.6) is 0 Å². The minimum absolute atomic E-state index is 0.110. The molecule has 0 saturated carbocycles. The summed E-state index contributed by atoms with van der Waals surface area (Å²) in [6.07, 6.45) is 1.03. The normalized spacial score (nSPS) is 20.9. The van der Waals surface area contributed by atoms with Crippen LogP contribution in [0.1, 0.15) is 22.9 Å². The molecule has 3 aromatic rings. The zero-order chi connectivity index (χ0) is 15.9. The molecule has 0 unspecified atom stereocenters. The number of pyridine rings is 1. The molecule has 0 spiro atoms. The number of benzene rings is 2. The smallest absolute Gasteiger partial charge is 0.236 e. The Labute approximate surface area is 140 Å². The Balaban J connectivity index is 1.51. The Morgan fingerprint density at radius 2 is 1.58 bits per heavy atom. The van der Waals surface area contributed by atoms with E-state index in [9.17, 15) is 0 Å². The van der Waals surface area contributed by atoms with Gasteiger partial charge in [0, 0.05) is 12.0 Å². The van der Waals surface area contributed by atoms with Crippen LogP contribution in [0.15, 0.2) is 77.8 Å². The van der Waals surface area contributed by atoms with Crippen LogP contribution in [-0.4, -0.2) is 17.0 Å². The van der Waals surface area contributed by atoms with Gasteiger partial charge in [-0.15, -0.1) is 0 Å². The molecule has 3 nitrogen and oxygen atoms in total. The average molecular weight is 312 g/mol. The fraction of sp³-hybridized carbons (Fsp3) is 0.143. The summed E-state index contributed by atoms with van der Waals surface area (Å²) in [5, 5.41) is 0.